The predicted octanol–water partition coefficient (Wildman–Crippen LogP) is 2.88. The van der Waals surface area contributed by atoms with Gasteiger partial charge in [0.05, 0.1) is 19.2 Å². The van der Waals surface area contributed by atoms with Crippen LogP contribution < -0.4 is 10.6 Å². The maximum absolute atomic E-state index is 13.3. The maximum atomic E-state index is 13.3. The summed E-state index contributed by atoms with van der Waals surface area (Å²) in [6, 6.07) is -1.34. The topological polar surface area (TPSA) is 254 Å². The molecule has 0 aromatic carbocycles. The maximum Gasteiger partial charge on any atom is 0.404 e. The summed E-state index contributed by atoms with van der Waals surface area (Å²) >= 11 is 0. The van der Waals surface area contributed by atoms with Crippen LogP contribution in [0.3, 0.4) is 0 Å². The van der Waals surface area contributed by atoms with Crippen molar-refractivity contribution in [3.05, 3.63) is 0 Å². The Bertz CT molecular complexity index is 1370. The van der Waals surface area contributed by atoms with Gasteiger partial charge in [0.2, 0.25) is 5.91 Å². The Balaban J connectivity index is 1.36. The molecule has 4 aliphatic rings. The number of hydrogen-bond acceptors (Lipinski definition) is 9. The van der Waals surface area contributed by atoms with E-state index in [9.17, 15) is 54.3 Å². The summed E-state index contributed by atoms with van der Waals surface area (Å²) in [6.07, 6.45) is 6.17. The van der Waals surface area contributed by atoms with Crippen molar-refractivity contribution in [1.82, 2.24) is 20.4 Å². The van der Waals surface area contributed by atoms with E-state index >= 15 is 0 Å². The second-order valence-corrected chi connectivity index (χ2v) is 17.1. The Kier molecular flexibility index (Phi) is 14.7. The fourth-order valence-electron chi connectivity index (χ4n) is 11.5. The molecule has 16 heteroatoms. The number of nitrogens with one attached hydrogen (secondary N) is 2. The molecule has 8 N–H and O–H groups in total. The van der Waals surface area contributed by atoms with E-state index in [2.05, 4.69) is 31.4 Å². The average Bonchev–Trinajstić information content (AvgIpc) is 3.42. The van der Waals surface area contributed by atoms with Gasteiger partial charge in [0, 0.05) is 45.1 Å². The minimum Gasteiger partial charge on any atom is -0.481 e. The van der Waals surface area contributed by atoms with Gasteiger partial charge in [-0.15, -0.1) is 0 Å². The summed E-state index contributed by atoms with van der Waals surface area (Å²) in [6.45, 7) is 5.41. The van der Waals surface area contributed by atoms with E-state index in [1.165, 1.54) is 4.90 Å². The number of rotatable bonds is 20. The minimum atomic E-state index is -1.31. The van der Waals surface area contributed by atoms with E-state index in [1.54, 1.807) is 0 Å². The van der Waals surface area contributed by atoms with E-state index < -0.39 is 55.2 Å². The molecule has 16 nitrogen and oxygen atoms in total. The quantitative estimate of drug-likeness (QED) is 0.0887. The number of carbonyl (C=O) groups excluding carboxylic acids is 1. The molecule has 4 rings (SSSR count). The van der Waals surface area contributed by atoms with Gasteiger partial charge in [-0.25, -0.2) is 4.79 Å². The Labute approximate surface area is 317 Å². The molecule has 0 aromatic heterocycles. The number of aliphatic carboxylic acids is 4. The fraction of sp³-hybridized carbons (Fsp3) is 0.842. The monoisotopic (exact) mass is 766 g/mol. The highest BCUT2D eigenvalue weighted by Crippen LogP contribution is 2.68. The van der Waals surface area contributed by atoms with Crippen LogP contribution >= 0.6 is 0 Å². The first-order chi connectivity index (χ1) is 25.3. The molecule has 306 valence electrons. The third kappa shape index (κ3) is 10.4. The van der Waals surface area contributed by atoms with Gasteiger partial charge in [0.1, 0.15) is 6.04 Å². The molecular formula is C38H62N4O12. The number of nitrogens with zero attached hydrogens (tertiary/aromatic N) is 2. The Morgan fingerprint density at radius 3 is 2.02 bits per heavy atom. The molecule has 11 atom stereocenters. The highest BCUT2D eigenvalue weighted by molar-refractivity contribution is 5.78. The summed E-state index contributed by atoms with van der Waals surface area (Å²) in [4.78, 5) is 73.2. The number of amides is 2. The van der Waals surface area contributed by atoms with Crippen LogP contribution in [0.2, 0.25) is 0 Å². The molecule has 0 saturated heterocycles. The van der Waals surface area contributed by atoms with Crippen molar-refractivity contribution in [2.45, 2.75) is 116 Å². The second kappa shape index (κ2) is 18.4. The summed E-state index contributed by atoms with van der Waals surface area (Å²) in [5.74, 6) is -2.86. The minimum absolute atomic E-state index is 0.0213. The summed E-state index contributed by atoms with van der Waals surface area (Å²) in [5.41, 5.74) is 0.106. The van der Waals surface area contributed by atoms with Crippen LogP contribution in [0.5, 0.6) is 0 Å². The predicted molar refractivity (Wildman–Crippen MR) is 195 cm³/mol. The standard InChI is InChI=1S/C38H62N4O12/c1-22(4-9-31(45)46)25-5-6-26-34-27(11-13-38(25,26)3)37(2)12-10-24(18-23(37)19-29(34)43)40-30(44)8-7-28(35(51)52)42(15-14-39-36(53)54)17-16-41(20-32(47)48)21-33(49)50/h22-29,34,39,43H,4-21H2,1-3H3,(H,40,44)(H,45,46)(H,47,48)(H,49,50)(H,51,52)(H,53,54)/t22?,23-,24-,25+,26?,27?,28-,29-,34?,37-,38+/m0/s1. The lowest BCUT2D eigenvalue weighted by Gasteiger charge is -2.62. The van der Waals surface area contributed by atoms with Gasteiger partial charge in [-0.2, -0.15) is 0 Å². The number of aliphatic hydroxyl groups excluding tert-OH is 1. The average molecular weight is 767 g/mol. The lowest BCUT2D eigenvalue weighted by atomic mass is 9.43. The zero-order valence-electron chi connectivity index (χ0n) is 32.0. The van der Waals surface area contributed by atoms with Crippen molar-refractivity contribution in [3.63, 3.8) is 0 Å². The van der Waals surface area contributed by atoms with Gasteiger partial charge in [-0.05, 0) is 111 Å². The number of aliphatic hydroxyl groups is 1. The molecule has 2 amide bonds. The summed E-state index contributed by atoms with van der Waals surface area (Å²) in [5, 5.41) is 63.9. The van der Waals surface area contributed by atoms with E-state index in [1.807, 2.05) is 0 Å². The van der Waals surface area contributed by atoms with Crippen molar-refractivity contribution in [2.24, 2.45) is 46.3 Å². The number of carbonyl (C=O) groups is 6. The first kappa shape index (κ1) is 43.2. The summed E-state index contributed by atoms with van der Waals surface area (Å²) < 4.78 is 0. The highest BCUT2D eigenvalue weighted by Gasteiger charge is 2.63. The van der Waals surface area contributed by atoms with Gasteiger partial charge in [0.25, 0.3) is 0 Å². The molecular weight excluding hydrogens is 704 g/mol. The molecule has 0 radical (unpaired) electrons. The molecule has 0 spiro atoms. The van der Waals surface area contributed by atoms with Gasteiger partial charge in [-0.3, -0.25) is 33.8 Å². The number of carboxylic acid groups (broad SMARTS) is 5. The molecule has 4 unspecified atom stereocenters. The van der Waals surface area contributed by atoms with Gasteiger partial charge >= 0.3 is 30.0 Å². The van der Waals surface area contributed by atoms with Crippen LogP contribution in [0.1, 0.15) is 97.8 Å². The van der Waals surface area contributed by atoms with Gasteiger partial charge in [0.15, 0.2) is 0 Å². The highest BCUT2D eigenvalue weighted by atomic mass is 16.4. The Hall–Kier alpha value is -3.50. The van der Waals surface area contributed by atoms with Gasteiger partial charge in [-0.1, -0.05) is 20.8 Å². The van der Waals surface area contributed by atoms with Crippen LogP contribution in [-0.2, 0) is 24.0 Å². The lowest BCUT2D eigenvalue weighted by molar-refractivity contribution is -0.167. The van der Waals surface area contributed by atoms with Crippen molar-refractivity contribution >= 4 is 35.9 Å². The molecule has 0 aromatic rings. The van der Waals surface area contributed by atoms with Crippen molar-refractivity contribution in [1.29, 1.82) is 0 Å². The largest absolute Gasteiger partial charge is 0.481 e. The normalized spacial score (nSPS) is 32.8. The summed E-state index contributed by atoms with van der Waals surface area (Å²) in [7, 11) is 0. The van der Waals surface area contributed by atoms with Crippen molar-refractivity contribution in [2.75, 3.05) is 39.3 Å². The molecule has 0 bridgehead atoms. The van der Waals surface area contributed by atoms with E-state index in [4.69, 9.17) is 5.11 Å². The second-order valence-electron chi connectivity index (χ2n) is 17.1. The molecule has 0 heterocycles. The first-order valence-electron chi connectivity index (χ1n) is 19.6. The van der Waals surface area contributed by atoms with E-state index in [-0.39, 0.29) is 80.1 Å². The first-order valence-corrected chi connectivity index (χ1v) is 19.6. The lowest BCUT2D eigenvalue weighted by Crippen LogP contribution is -2.59. The van der Waals surface area contributed by atoms with Crippen LogP contribution in [0.4, 0.5) is 4.79 Å². The van der Waals surface area contributed by atoms with E-state index in [0.29, 0.717) is 36.5 Å². The number of fused-ring (bicyclic) bond motifs is 5. The zero-order valence-corrected chi connectivity index (χ0v) is 32.0. The van der Waals surface area contributed by atoms with Crippen LogP contribution in [0, 0.1) is 46.3 Å². The third-order valence-corrected chi connectivity index (χ3v) is 14.1. The zero-order chi connectivity index (χ0) is 40.0. The number of carboxylic acids is 4. The molecule has 54 heavy (non-hydrogen) atoms. The Morgan fingerprint density at radius 2 is 1.41 bits per heavy atom. The Morgan fingerprint density at radius 1 is 0.759 bits per heavy atom. The fourth-order valence-corrected chi connectivity index (χ4v) is 11.5. The molecule has 4 aliphatic carbocycles. The molecule has 4 saturated carbocycles. The van der Waals surface area contributed by atoms with Crippen LogP contribution in [0.25, 0.3) is 0 Å². The van der Waals surface area contributed by atoms with Crippen molar-refractivity contribution < 1.29 is 59.4 Å². The third-order valence-electron chi connectivity index (χ3n) is 14.1. The van der Waals surface area contributed by atoms with Crippen LogP contribution in [0.15, 0.2) is 0 Å². The van der Waals surface area contributed by atoms with Crippen LogP contribution in [-0.4, -0.2) is 134 Å². The van der Waals surface area contributed by atoms with E-state index in [0.717, 1.165) is 49.8 Å². The number of hydrogen-bond donors (Lipinski definition) is 8. The SMILES string of the molecule is CC(CCC(=O)O)[C@H]1CCC2C3C(CC[C@@]21C)[C@@]1(C)CC[C@H](NC(=O)CC[C@@H](C(=O)O)N(CCNC(=O)O)CCN(CC(=O)O)CC(=O)O)C[C@H]1C[C@@H]3O. The van der Waals surface area contributed by atoms with Crippen molar-refractivity contribution in [3.8, 4) is 0 Å². The molecule has 4 fully saturated rings. The molecule has 0 aliphatic heterocycles. The smallest absolute Gasteiger partial charge is 0.404 e. The van der Waals surface area contributed by atoms with Gasteiger partial charge < -0.3 is 41.3 Å².